The van der Waals surface area contributed by atoms with Gasteiger partial charge in [0.05, 0.1) is 5.92 Å². The summed E-state index contributed by atoms with van der Waals surface area (Å²) in [6.45, 7) is 3.35. The molecular weight excluding hydrogens is 237 g/mol. The van der Waals surface area contributed by atoms with Crippen LogP contribution in [0.2, 0.25) is 0 Å². The van der Waals surface area contributed by atoms with Gasteiger partial charge in [0, 0.05) is 25.2 Å². The van der Waals surface area contributed by atoms with Crippen LogP contribution in [0.4, 0.5) is 4.39 Å². The van der Waals surface area contributed by atoms with Crippen molar-refractivity contribution in [2.24, 2.45) is 11.8 Å². The average Bonchev–Trinajstić information content (AvgIpc) is 2.65. The summed E-state index contributed by atoms with van der Waals surface area (Å²) in [6, 6.07) is 3.80. The van der Waals surface area contributed by atoms with Crippen molar-refractivity contribution in [3.05, 3.63) is 29.6 Å². The van der Waals surface area contributed by atoms with Crippen LogP contribution in [0.15, 0.2) is 18.2 Å². The van der Waals surface area contributed by atoms with E-state index >= 15 is 0 Å². The molecule has 4 nitrogen and oxygen atoms in total. The highest BCUT2D eigenvalue weighted by atomic mass is 19.1. The number of hydrogen-bond acceptors (Lipinski definition) is 3. The first-order chi connectivity index (χ1) is 8.47. The van der Waals surface area contributed by atoms with Crippen LogP contribution in [0.3, 0.4) is 0 Å². The minimum absolute atomic E-state index is 0.0443. The third-order valence-corrected chi connectivity index (χ3v) is 3.44. The first-order valence-electron chi connectivity index (χ1n) is 5.90. The number of carboxylic acids is 1. The summed E-state index contributed by atoms with van der Waals surface area (Å²) in [5.41, 5.74) is 0.494. The molecule has 2 rings (SSSR count). The van der Waals surface area contributed by atoms with E-state index in [-0.39, 0.29) is 17.6 Å². The number of phenolic OH excluding ortho intramolecular Hbond substituents is 1. The number of benzene rings is 1. The van der Waals surface area contributed by atoms with Crippen LogP contribution >= 0.6 is 0 Å². The second-order valence-electron chi connectivity index (χ2n) is 4.89. The summed E-state index contributed by atoms with van der Waals surface area (Å²) < 4.78 is 13.1. The fourth-order valence-electron chi connectivity index (χ4n) is 2.44. The number of hydrogen-bond donors (Lipinski definition) is 2. The van der Waals surface area contributed by atoms with E-state index in [9.17, 15) is 14.3 Å². The number of likely N-dealkylation sites (tertiary alicyclic amines) is 1. The predicted octanol–water partition coefficient (Wildman–Crippen LogP) is 1.68. The van der Waals surface area contributed by atoms with Crippen molar-refractivity contribution in [3.63, 3.8) is 0 Å². The third kappa shape index (κ3) is 2.61. The Labute approximate surface area is 105 Å². The minimum Gasteiger partial charge on any atom is -0.508 e. The van der Waals surface area contributed by atoms with Crippen molar-refractivity contribution < 1.29 is 19.4 Å². The van der Waals surface area contributed by atoms with E-state index in [1.54, 1.807) is 0 Å². The summed E-state index contributed by atoms with van der Waals surface area (Å²) >= 11 is 0. The van der Waals surface area contributed by atoms with Crippen molar-refractivity contribution in [1.82, 2.24) is 4.90 Å². The van der Waals surface area contributed by atoms with Gasteiger partial charge in [-0.15, -0.1) is 0 Å². The number of aromatic hydroxyl groups is 1. The van der Waals surface area contributed by atoms with Crippen molar-refractivity contribution in [1.29, 1.82) is 0 Å². The van der Waals surface area contributed by atoms with Crippen LogP contribution < -0.4 is 0 Å². The Balaban J connectivity index is 2.07. The topological polar surface area (TPSA) is 60.8 Å². The van der Waals surface area contributed by atoms with Crippen LogP contribution in [0, 0.1) is 17.7 Å². The Hall–Kier alpha value is -1.62. The number of carbonyl (C=O) groups is 1. The number of rotatable bonds is 3. The highest BCUT2D eigenvalue weighted by molar-refractivity contribution is 5.71. The molecule has 0 saturated carbocycles. The predicted molar refractivity (Wildman–Crippen MR) is 63.6 cm³/mol. The van der Waals surface area contributed by atoms with Gasteiger partial charge in [-0.3, -0.25) is 9.69 Å². The molecule has 1 heterocycles. The van der Waals surface area contributed by atoms with Gasteiger partial charge in [-0.05, 0) is 24.1 Å². The first-order valence-corrected chi connectivity index (χ1v) is 5.90. The molecule has 1 fully saturated rings. The van der Waals surface area contributed by atoms with Crippen molar-refractivity contribution in [2.75, 3.05) is 13.1 Å². The molecule has 0 aromatic heterocycles. The zero-order chi connectivity index (χ0) is 13.3. The van der Waals surface area contributed by atoms with Crippen LogP contribution in [-0.4, -0.2) is 34.2 Å². The smallest absolute Gasteiger partial charge is 0.308 e. The molecule has 0 amide bonds. The Morgan fingerprint density at radius 1 is 1.50 bits per heavy atom. The van der Waals surface area contributed by atoms with Gasteiger partial charge in [0.1, 0.15) is 11.6 Å². The van der Waals surface area contributed by atoms with Gasteiger partial charge in [-0.2, -0.15) is 0 Å². The fourth-order valence-corrected chi connectivity index (χ4v) is 2.44. The Morgan fingerprint density at radius 2 is 2.22 bits per heavy atom. The van der Waals surface area contributed by atoms with E-state index in [0.29, 0.717) is 25.2 Å². The lowest BCUT2D eigenvalue weighted by molar-refractivity contribution is -0.142. The first kappa shape index (κ1) is 12.8. The largest absolute Gasteiger partial charge is 0.508 e. The number of nitrogens with zero attached hydrogens (tertiary/aromatic N) is 1. The number of phenols is 1. The molecule has 0 aliphatic carbocycles. The van der Waals surface area contributed by atoms with Gasteiger partial charge in [0.2, 0.25) is 0 Å². The van der Waals surface area contributed by atoms with E-state index < -0.39 is 11.8 Å². The molecule has 1 saturated heterocycles. The summed E-state index contributed by atoms with van der Waals surface area (Å²) in [5, 5.41) is 18.7. The number of halogens is 1. The Bertz CT molecular complexity index is 464. The molecule has 1 aliphatic rings. The summed E-state index contributed by atoms with van der Waals surface area (Å²) in [6.07, 6.45) is 0. The molecule has 1 aliphatic heterocycles. The van der Waals surface area contributed by atoms with E-state index in [2.05, 4.69) is 0 Å². The average molecular weight is 253 g/mol. The molecule has 0 radical (unpaired) electrons. The molecule has 1 aromatic carbocycles. The molecule has 98 valence electrons. The van der Waals surface area contributed by atoms with E-state index in [1.807, 2.05) is 11.8 Å². The maximum Gasteiger partial charge on any atom is 0.308 e. The van der Waals surface area contributed by atoms with Crippen LogP contribution in [0.25, 0.3) is 0 Å². The lowest BCUT2D eigenvalue weighted by Gasteiger charge is -2.16. The van der Waals surface area contributed by atoms with Gasteiger partial charge in [-0.1, -0.05) is 6.92 Å². The zero-order valence-electron chi connectivity index (χ0n) is 10.1. The SMILES string of the molecule is C[C@@H]1CN(Cc2cc(F)ccc2O)C[C@H]1C(=O)O. The van der Waals surface area contributed by atoms with Crippen molar-refractivity contribution in [2.45, 2.75) is 13.5 Å². The maximum atomic E-state index is 13.1. The van der Waals surface area contributed by atoms with E-state index in [0.717, 1.165) is 0 Å². The molecule has 0 bridgehead atoms. The van der Waals surface area contributed by atoms with Crippen molar-refractivity contribution >= 4 is 5.97 Å². The summed E-state index contributed by atoms with van der Waals surface area (Å²) in [5.74, 6) is -1.47. The van der Waals surface area contributed by atoms with Gasteiger partial charge in [-0.25, -0.2) is 4.39 Å². The van der Waals surface area contributed by atoms with Crippen LogP contribution in [-0.2, 0) is 11.3 Å². The third-order valence-electron chi connectivity index (χ3n) is 3.44. The fraction of sp³-hybridized carbons (Fsp3) is 0.462. The molecule has 2 atom stereocenters. The monoisotopic (exact) mass is 253 g/mol. The summed E-state index contributed by atoms with van der Waals surface area (Å²) in [7, 11) is 0. The molecular formula is C13H16FNO3. The van der Waals surface area contributed by atoms with Gasteiger partial charge in [0.15, 0.2) is 0 Å². The highest BCUT2D eigenvalue weighted by Gasteiger charge is 2.34. The van der Waals surface area contributed by atoms with Gasteiger partial charge >= 0.3 is 5.97 Å². The molecule has 18 heavy (non-hydrogen) atoms. The zero-order valence-corrected chi connectivity index (χ0v) is 10.1. The molecule has 2 N–H and O–H groups in total. The number of aliphatic carboxylic acids is 1. The van der Waals surface area contributed by atoms with Gasteiger partial charge in [0.25, 0.3) is 0 Å². The normalized spacial score (nSPS) is 24.3. The molecule has 5 heteroatoms. The molecule has 0 spiro atoms. The van der Waals surface area contributed by atoms with Crippen molar-refractivity contribution in [3.8, 4) is 5.75 Å². The lowest BCUT2D eigenvalue weighted by Crippen LogP contribution is -2.23. The maximum absolute atomic E-state index is 13.1. The second kappa shape index (κ2) is 4.94. The second-order valence-corrected chi connectivity index (χ2v) is 4.89. The Morgan fingerprint density at radius 3 is 2.83 bits per heavy atom. The quantitative estimate of drug-likeness (QED) is 0.860. The van der Waals surface area contributed by atoms with E-state index in [1.165, 1.54) is 18.2 Å². The van der Waals surface area contributed by atoms with E-state index in [4.69, 9.17) is 5.11 Å². The number of carboxylic acid groups (broad SMARTS) is 1. The Kier molecular flexibility index (Phi) is 3.52. The highest BCUT2D eigenvalue weighted by Crippen LogP contribution is 2.27. The standard InChI is InChI=1S/C13H16FNO3/c1-8-5-15(7-11(8)13(17)18)6-9-4-10(14)2-3-12(9)16/h2-4,8,11,16H,5-7H2,1H3,(H,17,18)/t8-,11-/m1/s1. The summed E-state index contributed by atoms with van der Waals surface area (Å²) in [4.78, 5) is 12.9. The lowest BCUT2D eigenvalue weighted by atomic mass is 9.99. The minimum atomic E-state index is -0.798. The molecule has 0 unspecified atom stereocenters. The van der Waals surface area contributed by atoms with Crippen LogP contribution in [0.1, 0.15) is 12.5 Å². The van der Waals surface area contributed by atoms with Gasteiger partial charge < -0.3 is 10.2 Å². The molecule has 1 aromatic rings. The van der Waals surface area contributed by atoms with Crippen LogP contribution in [0.5, 0.6) is 5.75 Å².